The zero-order valence-corrected chi connectivity index (χ0v) is 32.3. The summed E-state index contributed by atoms with van der Waals surface area (Å²) in [6.07, 6.45) is -2.00. The van der Waals surface area contributed by atoms with Gasteiger partial charge in [0, 0.05) is 41.8 Å². The van der Waals surface area contributed by atoms with E-state index in [1.165, 1.54) is 18.7 Å². The van der Waals surface area contributed by atoms with E-state index in [-0.39, 0.29) is 30.6 Å². The zero-order chi connectivity index (χ0) is 39.0. The predicted molar refractivity (Wildman–Crippen MR) is 216 cm³/mol. The van der Waals surface area contributed by atoms with Gasteiger partial charge in [0.05, 0.1) is 18.8 Å². The van der Waals surface area contributed by atoms with Crippen LogP contribution in [0.1, 0.15) is 55.4 Å². The zero-order valence-electron chi connectivity index (χ0n) is 31.5. The number of carbonyl (C=O) groups is 2. The highest BCUT2D eigenvalue weighted by Gasteiger charge is 2.38. The first-order valence-corrected chi connectivity index (χ1v) is 19.6. The number of aromatic nitrogens is 1. The summed E-state index contributed by atoms with van der Waals surface area (Å²) in [6, 6.07) is 44.0. The highest BCUT2D eigenvalue weighted by Crippen LogP contribution is 2.44. The Bertz CT molecular complexity index is 2170. The van der Waals surface area contributed by atoms with Crippen molar-refractivity contribution in [2.75, 3.05) is 5.75 Å². The Balaban J connectivity index is 1.10. The summed E-state index contributed by atoms with van der Waals surface area (Å²) < 4.78 is 24.9. The van der Waals surface area contributed by atoms with Crippen molar-refractivity contribution in [3.05, 3.63) is 156 Å². The van der Waals surface area contributed by atoms with Gasteiger partial charge in [-0.1, -0.05) is 146 Å². The van der Waals surface area contributed by atoms with Gasteiger partial charge >= 0.3 is 5.97 Å². The lowest BCUT2D eigenvalue weighted by Crippen LogP contribution is -2.38. The van der Waals surface area contributed by atoms with Gasteiger partial charge in [0.2, 0.25) is 0 Å². The van der Waals surface area contributed by atoms with Crippen LogP contribution in [0.15, 0.2) is 143 Å². The van der Waals surface area contributed by atoms with Crippen molar-refractivity contribution in [1.29, 1.82) is 0 Å². The van der Waals surface area contributed by atoms with Gasteiger partial charge in [-0.3, -0.25) is 9.59 Å². The Morgan fingerprint density at radius 1 is 0.786 bits per heavy atom. The van der Waals surface area contributed by atoms with E-state index < -0.39 is 18.4 Å². The van der Waals surface area contributed by atoms with Gasteiger partial charge in [0.25, 0.3) is 11.1 Å². The third-order valence-corrected chi connectivity index (χ3v) is 10.7. The fourth-order valence-electron chi connectivity index (χ4n) is 6.73. The number of thioether (sulfide) groups is 1. The molecule has 1 aliphatic rings. The van der Waals surface area contributed by atoms with E-state index in [4.69, 9.17) is 23.6 Å². The third-order valence-electron chi connectivity index (χ3n) is 9.81. The number of amides is 1. The number of nitrogens with one attached hydrogen (secondary N) is 1. The molecule has 0 radical (unpaired) electrons. The average Bonchev–Trinajstić information content (AvgIpc) is 3.67. The predicted octanol–water partition coefficient (Wildman–Crippen LogP) is 9.32. The van der Waals surface area contributed by atoms with Crippen molar-refractivity contribution in [3.63, 3.8) is 0 Å². The molecule has 2 N–H and O–H groups in total. The topological polar surface area (TPSA) is 120 Å². The molecule has 7 rings (SSSR count). The van der Waals surface area contributed by atoms with Crippen molar-refractivity contribution in [1.82, 2.24) is 10.3 Å². The standard InChI is InChI=1S/C46H44N2O7S/c1-29-40(28-56-46-48-41(35-12-6-4-7-13-35)43(55-46)36-14-8-5-9-15-36)53-45(54-42(29)37-19-17-32(27-49)18-20-37)38-23-21-34(22-24-38)39-16-10-11-33(25-39)26-47-44(51)30(2)52-31(3)50/h4-25,29-30,40,42,45,49H,26-28H2,1-3H3,(H,47,51). The Kier molecular flexibility index (Phi) is 12.4. The molecule has 1 fully saturated rings. The first-order chi connectivity index (χ1) is 27.2. The summed E-state index contributed by atoms with van der Waals surface area (Å²) in [5.41, 5.74) is 8.36. The lowest BCUT2D eigenvalue weighted by Gasteiger charge is -2.41. The normalized spacial score (nSPS) is 18.6. The molecule has 1 saturated heterocycles. The molecule has 0 spiro atoms. The number of benzene rings is 5. The highest BCUT2D eigenvalue weighted by atomic mass is 32.2. The number of nitrogens with zero attached hydrogens (tertiary/aromatic N) is 1. The number of rotatable bonds is 13. The lowest BCUT2D eigenvalue weighted by molar-refractivity contribution is -0.268. The summed E-state index contributed by atoms with van der Waals surface area (Å²) in [4.78, 5) is 28.6. The molecule has 9 nitrogen and oxygen atoms in total. The van der Waals surface area contributed by atoms with Crippen molar-refractivity contribution in [3.8, 4) is 33.7 Å². The SMILES string of the molecule is CC(=O)OC(C)C(=O)NCc1cccc(-c2ccc(C3OC(CSc4nc(-c5ccccc5)c(-c5ccccc5)o4)C(C)C(c4ccc(CO)cc4)O3)cc2)c1. The number of hydrogen-bond donors (Lipinski definition) is 2. The largest absolute Gasteiger partial charge is 0.453 e. The summed E-state index contributed by atoms with van der Waals surface area (Å²) in [6.45, 7) is 5.24. The molecule has 2 heterocycles. The van der Waals surface area contributed by atoms with E-state index in [1.54, 1.807) is 6.92 Å². The lowest BCUT2D eigenvalue weighted by atomic mass is 9.91. The molecule has 5 atom stereocenters. The summed E-state index contributed by atoms with van der Waals surface area (Å²) >= 11 is 1.53. The quantitative estimate of drug-likeness (QED) is 0.0875. The van der Waals surface area contributed by atoms with Gasteiger partial charge in [-0.2, -0.15) is 0 Å². The second-order valence-corrected chi connectivity index (χ2v) is 14.8. The number of oxazole rings is 1. The number of aliphatic hydroxyl groups excluding tert-OH is 1. The maximum Gasteiger partial charge on any atom is 0.303 e. The third kappa shape index (κ3) is 9.29. The summed E-state index contributed by atoms with van der Waals surface area (Å²) in [5.74, 6) is 0.431. The summed E-state index contributed by atoms with van der Waals surface area (Å²) in [5, 5.41) is 13.1. The number of esters is 1. The van der Waals surface area contributed by atoms with E-state index in [9.17, 15) is 14.7 Å². The van der Waals surface area contributed by atoms with Gasteiger partial charge in [0.1, 0.15) is 5.69 Å². The molecule has 1 aromatic heterocycles. The van der Waals surface area contributed by atoms with Crippen LogP contribution in [0.3, 0.4) is 0 Å². The van der Waals surface area contributed by atoms with Crippen molar-refractivity contribution >= 4 is 23.6 Å². The van der Waals surface area contributed by atoms with Crippen LogP contribution in [0, 0.1) is 5.92 Å². The van der Waals surface area contributed by atoms with E-state index in [0.29, 0.717) is 17.5 Å². The molecule has 1 aliphatic heterocycles. The second-order valence-electron chi connectivity index (χ2n) is 13.8. The van der Waals surface area contributed by atoms with Crippen LogP contribution in [-0.2, 0) is 37.0 Å². The van der Waals surface area contributed by atoms with Gasteiger partial charge in [-0.15, -0.1) is 0 Å². The van der Waals surface area contributed by atoms with Crippen LogP contribution in [-0.4, -0.2) is 39.9 Å². The van der Waals surface area contributed by atoms with Crippen LogP contribution in [0.2, 0.25) is 0 Å². The molecule has 0 saturated carbocycles. The van der Waals surface area contributed by atoms with Crippen LogP contribution >= 0.6 is 11.8 Å². The van der Waals surface area contributed by atoms with Gasteiger partial charge in [-0.05, 0) is 40.8 Å². The average molecular weight is 769 g/mol. The maximum absolute atomic E-state index is 12.4. The minimum absolute atomic E-state index is 0.0182. The molecule has 0 aliphatic carbocycles. The Hall–Kier alpha value is -5.52. The number of hydrogen-bond acceptors (Lipinski definition) is 9. The first-order valence-electron chi connectivity index (χ1n) is 18.6. The van der Waals surface area contributed by atoms with Gasteiger partial charge < -0.3 is 29.1 Å². The highest BCUT2D eigenvalue weighted by molar-refractivity contribution is 7.99. The first kappa shape index (κ1) is 38.7. The molecule has 5 aromatic carbocycles. The Morgan fingerprint density at radius 3 is 2.12 bits per heavy atom. The maximum atomic E-state index is 12.4. The van der Waals surface area contributed by atoms with Crippen molar-refractivity contribution < 1.29 is 33.3 Å². The fourth-order valence-corrected chi connectivity index (χ4v) is 7.72. The Labute approximate surface area is 331 Å². The van der Waals surface area contributed by atoms with Crippen LogP contribution in [0.5, 0.6) is 0 Å². The van der Waals surface area contributed by atoms with E-state index in [2.05, 4.69) is 12.2 Å². The molecule has 5 unspecified atom stereocenters. The number of ether oxygens (including phenoxy) is 3. The molecule has 286 valence electrons. The molecular weight excluding hydrogens is 725 g/mol. The molecule has 6 aromatic rings. The van der Waals surface area contributed by atoms with Crippen LogP contribution in [0.4, 0.5) is 0 Å². The Morgan fingerprint density at radius 2 is 1.45 bits per heavy atom. The van der Waals surface area contributed by atoms with Crippen molar-refractivity contribution in [2.45, 2.75) is 63.7 Å². The minimum Gasteiger partial charge on any atom is -0.453 e. The monoisotopic (exact) mass is 768 g/mol. The van der Waals surface area contributed by atoms with Crippen molar-refractivity contribution in [2.24, 2.45) is 5.92 Å². The second kappa shape index (κ2) is 18.0. The number of carbonyl (C=O) groups excluding carboxylic acids is 2. The molecular formula is C46H44N2O7S. The van der Waals surface area contributed by atoms with E-state index in [1.807, 2.05) is 133 Å². The van der Waals surface area contributed by atoms with Crippen LogP contribution in [0.25, 0.3) is 33.7 Å². The molecule has 0 bridgehead atoms. The van der Waals surface area contributed by atoms with E-state index >= 15 is 0 Å². The number of aliphatic hydroxyl groups is 1. The van der Waals surface area contributed by atoms with Crippen LogP contribution < -0.4 is 5.32 Å². The fraction of sp³-hybridized carbons (Fsp3) is 0.239. The molecule has 56 heavy (non-hydrogen) atoms. The minimum atomic E-state index is -0.866. The summed E-state index contributed by atoms with van der Waals surface area (Å²) in [7, 11) is 0. The van der Waals surface area contributed by atoms with Gasteiger partial charge in [0.15, 0.2) is 18.2 Å². The molecule has 1 amide bonds. The smallest absolute Gasteiger partial charge is 0.303 e. The van der Waals surface area contributed by atoms with E-state index in [0.717, 1.165) is 56.0 Å². The van der Waals surface area contributed by atoms with Gasteiger partial charge in [-0.25, -0.2) is 4.98 Å². The molecule has 10 heteroatoms.